The van der Waals surface area contributed by atoms with Gasteiger partial charge in [-0.15, -0.1) is 24.0 Å². The largest absolute Gasteiger partial charge is 0.381 e. The minimum atomic E-state index is 0. The van der Waals surface area contributed by atoms with Crippen molar-refractivity contribution in [2.45, 2.75) is 39.5 Å². The highest BCUT2D eigenvalue weighted by Gasteiger charge is 2.13. The number of para-hydroxylation sites is 1. The van der Waals surface area contributed by atoms with Crippen LogP contribution in [-0.2, 0) is 9.47 Å². The molecule has 2 N–H and O–H groups in total. The molecule has 0 radical (unpaired) electrons. The molecular weight excluding hydrogens is 491 g/mol. The molecule has 7 heteroatoms. The Morgan fingerprint density at radius 3 is 2.60 bits per heavy atom. The minimum Gasteiger partial charge on any atom is -0.381 e. The summed E-state index contributed by atoms with van der Waals surface area (Å²) in [5.41, 5.74) is 1.28. The molecule has 172 valence electrons. The van der Waals surface area contributed by atoms with Gasteiger partial charge in [0.2, 0.25) is 0 Å². The van der Waals surface area contributed by atoms with Crippen LogP contribution in [0.15, 0.2) is 35.3 Å². The molecule has 0 amide bonds. The van der Waals surface area contributed by atoms with Gasteiger partial charge in [-0.25, -0.2) is 0 Å². The summed E-state index contributed by atoms with van der Waals surface area (Å²) in [7, 11) is 0. The van der Waals surface area contributed by atoms with E-state index in [1.807, 2.05) is 0 Å². The molecule has 30 heavy (non-hydrogen) atoms. The number of aliphatic imine (C=N–C) groups is 1. The fourth-order valence-corrected chi connectivity index (χ4v) is 3.45. The SMILES string of the molecule is CCNC(=NCCCN(CC)c1ccccc1)NCCCOCC1CCOCC1.I. The van der Waals surface area contributed by atoms with E-state index >= 15 is 0 Å². The zero-order valence-electron chi connectivity index (χ0n) is 18.8. The molecule has 6 nitrogen and oxygen atoms in total. The molecule has 1 aliphatic heterocycles. The van der Waals surface area contributed by atoms with Gasteiger partial charge < -0.3 is 25.0 Å². The Balaban J connectivity index is 0.00000450. The van der Waals surface area contributed by atoms with Crippen LogP contribution < -0.4 is 15.5 Å². The molecule has 0 saturated carbocycles. The first kappa shape index (κ1) is 27.0. The summed E-state index contributed by atoms with van der Waals surface area (Å²) in [6, 6.07) is 10.6. The Hall–Kier alpha value is -1.06. The van der Waals surface area contributed by atoms with Gasteiger partial charge in [0.25, 0.3) is 0 Å². The smallest absolute Gasteiger partial charge is 0.191 e. The van der Waals surface area contributed by atoms with Crippen LogP contribution in [0.3, 0.4) is 0 Å². The maximum atomic E-state index is 5.83. The predicted molar refractivity (Wildman–Crippen MR) is 137 cm³/mol. The third kappa shape index (κ3) is 11.4. The second-order valence-electron chi connectivity index (χ2n) is 7.44. The number of nitrogens with one attached hydrogen (secondary N) is 2. The molecule has 2 rings (SSSR count). The van der Waals surface area contributed by atoms with E-state index in [1.54, 1.807) is 0 Å². The number of guanidine groups is 1. The molecule has 1 fully saturated rings. The van der Waals surface area contributed by atoms with Gasteiger partial charge in [0.1, 0.15) is 0 Å². The van der Waals surface area contributed by atoms with E-state index in [2.05, 4.69) is 59.7 Å². The molecule has 0 bridgehead atoms. The van der Waals surface area contributed by atoms with Crippen molar-refractivity contribution in [1.29, 1.82) is 0 Å². The van der Waals surface area contributed by atoms with Gasteiger partial charge in [0.05, 0.1) is 0 Å². The fourth-order valence-electron chi connectivity index (χ4n) is 3.45. The van der Waals surface area contributed by atoms with E-state index in [-0.39, 0.29) is 24.0 Å². The van der Waals surface area contributed by atoms with Crippen LogP contribution in [0.5, 0.6) is 0 Å². The number of halogens is 1. The van der Waals surface area contributed by atoms with Crippen molar-refractivity contribution in [3.05, 3.63) is 30.3 Å². The molecule has 1 saturated heterocycles. The minimum absolute atomic E-state index is 0. The monoisotopic (exact) mass is 532 g/mol. The van der Waals surface area contributed by atoms with Gasteiger partial charge in [-0.1, -0.05) is 18.2 Å². The highest BCUT2D eigenvalue weighted by atomic mass is 127. The molecule has 0 atom stereocenters. The van der Waals surface area contributed by atoms with Crippen molar-refractivity contribution in [3.63, 3.8) is 0 Å². The molecule has 1 aromatic rings. The number of hydrogen-bond donors (Lipinski definition) is 2. The van der Waals surface area contributed by atoms with Gasteiger partial charge in [-0.3, -0.25) is 4.99 Å². The molecule has 0 aromatic heterocycles. The lowest BCUT2D eigenvalue weighted by atomic mass is 10.0. The van der Waals surface area contributed by atoms with Crippen molar-refractivity contribution >= 4 is 35.6 Å². The number of ether oxygens (including phenoxy) is 2. The van der Waals surface area contributed by atoms with Gasteiger partial charge in [-0.2, -0.15) is 0 Å². The molecule has 1 aromatic carbocycles. The Bertz CT molecular complexity index is 553. The van der Waals surface area contributed by atoms with Gasteiger partial charge in [-0.05, 0) is 57.6 Å². The number of anilines is 1. The molecule has 0 aliphatic carbocycles. The molecular formula is C23H41IN4O2. The average Bonchev–Trinajstić information content (AvgIpc) is 2.77. The van der Waals surface area contributed by atoms with E-state index in [4.69, 9.17) is 14.5 Å². The van der Waals surface area contributed by atoms with Crippen LogP contribution in [0, 0.1) is 5.92 Å². The first-order valence-corrected chi connectivity index (χ1v) is 11.3. The average molecular weight is 533 g/mol. The van der Waals surface area contributed by atoms with Crippen molar-refractivity contribution < 1.29 is 9.47 Å². The lowest BCUT2D eigenvalue weighted by Crippen LogP contribution is -2.38. The lowest BCUT2D eigenvalue weighted by Gasteiger charge is -2.22. The maximum Gasteiger partial charge on any atom is 0.191 e. The second-order valence-corrected chi connectivity index (χ2v) is 7.44. The van der Waals surface area contributed by atoms with Crippen molar-refractivity contribution in [2.24, 2.45) is 10.9 Å². The quantitative estimate of drug-likeness (QED) is 0.175. The van der Waals surface area contributed by atoms with Crippen LogP contribution in [0.4, 0.5) is 5.69 Å². The van der Waals surface area contributed by atoms with Crippen LogP contribution in [0.25, 0.3) is 0 Å². The van der Waals surface area contributed by atoms with E-state index in [0.29, 0.717) is 5.92 Å². The van der Waals surface area contributed by atoms with Crippen molar-refractivity contribution in [3.8, 4) is 0 Å². The summed E-state index contributed by atoms with van der Waals surface area (Å²) in [5.74, 6) is 1.58. The van der Waals surface area contributed by atoms with Crippen LogP contribution >= 0.6 is 24.0 Å². The summed E-state index contributed by atoms with van der Waals surface area (Å²) in [4.78, 5) is 7.11. The second kappa shape index (κ2) is 17.6. The number of benzene rings is 1. The molecule has 1 aliphatic rings. The zero-order valence-corrected chi connectivity index (χ0v) is 21.1. The van der Waals surface area contributed by atoms with Crippen molar-refractivity contribution in [2.75, 3.05) is 64.1 Å². The molecule has 1 heterocycles. The van der Waals surface area contributed by atoms with Gasteiger partial charge >= 0.3 is 0 Å². The Labute approximate surface area is 200 Å². The third-order valence-electron chi connectivity index (χ3n) is 5.16. The Kier molecular flexibility index (Phi) is 15.8. The summed E-state index contributed by atoms with van der Waals surface area (Å²) in [6.45, 7) is 12.3. The third-order valence-corrected chi connectivity index (χ3v) is 5.16. The zero-order chi connectivity index (χ0) is 20.6. The van der Waals surface area contributed by atoms with Crippen LogP contribution in [0.2, 0.25) is 0 Å². The number of nitrogens with zero attached hydrogens (tertiary/aromatic N) is 2. The number of hydrogen-bond acceptors (Lipinski definition) is 4. The molecule has 0 unspecified atom stereocenters. The molecule has 0 spiro atoms. The van der Waals surface area contributed by atoms with E-state index in [0.717, 1.165) is 90.8 Å². The summed E-state index contributed by atoms with van der Waals surface area (Å²) in [5, 5.41) is 6.75. The summed E-state index contributed by atoms with van der Waals surface area (Å²) < 4.78 is 11.2. The Morgan fingerprint density at radius 1 is 1.13 bits per heavy atom. The Morgan fingerprint density at radius 2 is 1.90 bits per heavy atom. The van der Waals surface area contributed by atoms with Gasteiger partial charge in [0, 0.05) is 64.8 Å². The lowest BCUT2D eigenvalue weighted by molar-refractivity contribution is 0.0203. The van der Waals surface area contributed by atoms with E-state index in [1.165, 1.54) is 5.69 Å². The standard InChI is InChI=1S/C23H40N4O2.HI/c1-3-24-23(26-15-9-17-29-20-21-12-18-28-19-13-21)25-14-8-16-27(4-2)22-10-6-5-7-11-22;/h5-7,10-11,21H,3-4,8-9,12-20H2,1-2H3,(H2,24,25,26);1H. The van der Waals surface area contributed by atoms with E-state index < -0.39 is 0 Å². The summed E-state index contributed by atoms with van der Waals surface area (Å²) in [6.07, 6.45) is 4.29. The summed E-state index contributed by atoms with van der Waals surface area (Å²) >= 11 is 0. The predicted octanol–water partition coefficient (Wildman–Crippen LogP) is 3.91. The van der Waals surface area contributed by atoms with E-state index in [9.17, 15) is 0 Å². The highest BCUT2D eigenvalue weighted by Crippen LogP contribution is 2.14. The van der Waals surface area contributed by atoms with Gasteiger partial charge in [0.15, 0.2) is 5.96 Å². The fraction of sp³-hybridized carbons (Fsp3) is 0.696. The van der Waals surface area contributed by atoms with Crippen LogP contribution in [-0.4, -0.2) is 65.1 Å². The van der Waals surface area contributed by atoms with Crippen LogP contribution in [0.1, 0.15) is 39.5 Å². The number of rotatable bonds is 13. The van der Waals surface area contributed by atoms with Crippen molar-refractivity contribution in [1.82, 2.24) is 10.6 Å². The first-order chi connectivity index (χ1) is 14.3. The topological polar surface area (TPSA) is 58.1 Å². The first-order valence-electron chi connectivity index (χ1n) is 11.3. The highest BCUT2D eigenvalue weighted by molar-refractivity contribution is 14.0. The maximum absolute atomic E-state index is 5.83. The normalized spacial score (nSPS) is 14.8.